The third-order valence-electron chi connectivity index (χ3n) is 4.47. The second kappa shape index (κ2) is 8.50. The SMILES string of the molecule is CC(C)OC(=O)Oc1c2c(c(OC(=O)OC(C)C)c3ccccc13)CCCC2. The Bertz CT molecular complexity index is 812. The Labute approximate surface area is 164 Å². The van der Waals surface area contributed by atoms with Gasteiger partial charge in [0.25, 0.3) is 0 Å². The van der Waals surface area contributed by atoms with Gasteiger partial charge >= 0.3 is 12.3 Å². The minimum Gasteiger partial charge on any atom is -0.431 e. The summed E-state index contributed by atoms with van der Waals surface area (Å²) in [5.74, 6) is 0.973. The summed E-state index contributed by atoms with van der Waals surface area (Å²) in [5.41, 5.74) is 1.77. The van der Waals surface area contributed by atoms with Gasteiger partial charge in [0.15, 0.2) is 0 Å². The Morgan fingerprint density at radius 1 is 0.750 bits per heavy atom. The highest BCUT2D eigenvalue weighted by Crippen LogP contribution is 2.44. The zero-order chi connectivity index (χ0) is 20.3. The van der Waals surface area contributed by atoms with Crippen LogP contribution in [0.5, 0.6) is 11.5 Å². The van der Waals surface area contributed by atoms with Crippen molar-refractivity contribution in [2.75, 3.05) is 0 Å². The normalized spacial score (nSPS) is 13.4. The van der Waals surface area contributed by atoms with Crippen LogP contribution in [0.15, 0.2) is 24.3 Å². The first-order valence-corrected chi connectivity index (χ1v) is 9.70. The summed E-state index contributed by atoms with van der Waals surface area (Å²) in [6, 6.07) is 7.41. The molecule has 0 heterocycles. The van der Waals surface area contributed by atoms with Gasteiger partial charge in [-0.25, -0.2) is 9.59 Å². The Hall–Kier alpha value is -2.76. The number of fused-ring (bicyclic) bond motifs is 2. The van der Waals surface area contributed by atoms with Gasteiger partial charge in [-0.2, -0.15) is 0 Å². The summed E-state index contributed by atoms with van der Waals surface area (Å²) in [6.45, 7) is 7.08. The molecule has 0 fully saturated rings. The Morgan fingerprint density at radius 2 is 1.14 bits per heavy atom. The van der Waals surface area contributed by atoms with Crippen LogP contribution in [-0.4, -0.2) is 24.5 Å². The molecule has 2 aromatic rings. The van der Waals surface area contributed by atoms with Gasteiger partial charge in [0.05, 0.1) is 12.2 Å². The molecule has 1 aliphatic carbocycles. The predicted molar refractivity (Wildman–Crippen MR) is 105 cm³/mol. The van der Waals surface area contributed by atoms with E-state index in [0.717, 1.165) is 36.8 Å². The summed E-state index contributed by atoms with van der Waals surface area (Å²) in [6.07, 6.45) is 1.39. The molecule has 0 unspecified atom stereocenters. The smallest absolute Gasteiger partial charge is 0.431 e. The van der Waals surface area contributed by atoms with E-state index in [2.05, 4.69) is 0 Å². The number of carbonyl (C=O) groups excluding carboxylic acids is 2. The van der Waals surface area contributed by atoms with Gasteiger partial charge in [-0.3, -0.25) is 0 Å². The lowest BCUT2D eigenvalue weighted by molar-refractivity contribution is 0.0707. The number of hydrogen-bond donors (Lipinski definition) is 0. The van der Waals surface area contributed by atoms with Gasteiger partial charge in [-0.05, 0) is 53.4 Å². The fourth-order valence-electron chi connectivity index (χ4n) is 3.44. The van der Waals surface area contributed by atoms with Crippen molar-refractivity contribution in [3.63, 3.8) is 0 Å². The molecule has 0 amide bonds. The summed E-state index contributed by atoms with van der Waals surface area (Å²) in [5, 5.41) is 1.41. The van der Waals surface area contributed by atoms with Crippen LogP contribution in [0, 0.1) is 0 Å². The van der Waals surface area contributed by atoms with E-state index in [9.17, 15) is 9.59 Å². The Kier molecular flexibility index (Phi) is 6.07. The predicted octanol–water partition coefficient (Wildman–Crippen LogP) is 5.57. The maximum atomic E-state index is 12.2. The van der Waals surface area contributed by atoms with E-state index in [4.69, 9.17) is 18.9 Å². The molecule has 1 aliphatic rings. The zero-order valence-corrected chi connectivity index (χ0v) is 16.7. The van der Waals surface area contributed by atoms with Crippen molar-refractivity contribution in [1.82, 2.24) is 0 Å². The van der Waals surface area contributed by atoms with E-state index < -0.39 is 12.3 Å². The molecule has 28 heavy (non-hydrogen) atoms. The van der Waals surface area contributed by atoms with Crippen molar-refractivity contribution in [2.45, 2.75) is 65.6 Å². The van der Waals surface area contributed by atoms with E-state index in [-0.39, 0.29) is 12.2 Å². The summed E-state index contributed by atoms with van der Waals surface area (Å²) < 4.78 is 21.6. The molecule has 3 rings (SSSR count). The third kappa shape index (κ3) is 4.38. The zero-order valence-electron chi connectivity index (χ0n) is 16.7. The molecule has 0 saturated carbocycles. The molecular formula is C22H26O6. The van der Waals surface area contributed by atoms with Crippen molar-refractivity contribution in [1.29, 1.82) is 0 Å². The molecule has 2 aromatic carbocycles. The lowest BCUT2D eigenvalue weighted by Crippen LogP contribution is -2.20. The molecule has 0 bridgehead atoms. The van der Waals surface area contributed by atoms with Crippen LogP contribution in [0.2, 0.25) is 0 Å². The standard InChI is InChI=1S/C22H26O6/c1-13(2)25-21(23)27-19-15-9-5-7-11-17(15)20(28-22(24)26-14(3)4)18-12-8-6-10-16(18)19/h5,7,9,11,13-14H,6,8,10,12H2,1-4H3. The number of hydrogen-bond acceptors (Lipinski definition) is 6. The lowest BCUT2D eigenvalue weighted by atomic mass is 9.87. The third-order valence-corrected chi connectivity index (χ3v) is 4.47. The summed E-state index contributed by atoms with van der Waals surface area (Å²) in [7, 11) is 0. The Balaban J connectivity index is 2.11. The molecule has 0 saturated heterocycles. The van der Waals surface area contributed by atoms with Crippen LogP contribution in [-0.2, 0) is 22.3 Å². The number of rotatable bonds is 4. The number of benzene rings is 2. The van der Waals surface area contributed by atoms with E-state index >= 15 is 0 Å². The van der Waals surface area contributed by atoms with E-state index in [0.29, 0.717) is 22.3 Å². The van der Waals surface area contributed by atoms with Crippen molar-refractivity contribution in [3.8, 4) is 11.5 Å². The summed E-state index contributed by atoms with van der Waals surface area (Å²) >= 11 is 0. The molecule has 0 atom stereocenters. The molecule has 0 radical (unpaired) electrons. The van der Waals surface area contributed by atoms with Gasteiger partial charge in [0.2, 0.25) is 0 Å². The van der Waals surface area contributed by atoms with E-state index in [1.54, 1.807) is 27.7 Å². The minimum absolute atomic E-state index is 0.275. The van der Waals surface area contributed by atoms with Gasteiger partial charge in [0, 0.05) is 21.9 Å². The van der Waals surface area contributed by atoms with Gasteiger partial charge in [-0.15, -0.1) is 0 Å². The van der Waals surface area contributed by atoms with Crippen molar-refractivity contribution in [2.24, 2.45) is 0 Å². The second-order valence-electron chi connectivity index (χ2n) is 7.41. The fourth-order valence-corrected chi connectivity index (χ4v) is 3.44. The number of ether oxygens (including phenoxy) is 4. The van der Waals surface area contributed by atoms with Gasteiger partial charge in [0.1, 0.15) is 11.5 Å². The maximum Gasteiger partial charge on any atom is 0.514 e. The monoisotopic (exact) mass is 386 g/mol. The van der Waals surface area contributed by atoms with Crippen molar-refractivity contribution in [3.05, 3.63) is 35.4 Å². The molecule has 6 nitrogen and oxygen atoms in total. The second-order valence-corrected chi connectivity index (χ2v) is 7.41. The molecule has 6 heteroatoms. The quantitative estimate of drug-likeness (QED) is 0.506. The first-order chi connectivity index (χ1) is 13.4. The topological polar surface area (TPSA) is 71.1 Å². The highest BCUT2D eigenvalue weighted by molar-refractivity contribution is 5.98. The highest BCUT2D eigenvalue weighted by atomic mass is 16.7. The van der Waals surface area contributed by atoms with Gasteiger partial charge < -0.3 is 18.9 Å². The molecular weight excluding hydrogens is 360 g/mol. The Morgan fingerprint density at radius 3 is 1.50 bits per heavy atom. The van der Waals surface area contributed by atoms with Crippen LogP contribution >= 0.6 is 0 Å². The van der Waals surface area contributed by atoms with E-state index in [1.165, 1.54) is 0 Å². The lowest BCUT2D eigenvalue weighted by Gasteiger charge is -2.24. The maximum absolute atomic E-state index is 12.2. The van der Waals surface area contributed by atoms with Crippen LogP contribution in [0.3, 0.4) is 0 Å². The molecule has 0 aliphatic heterocycles. The average Bonchev–Trinajstić information content (AvgIpc) is 2.63. The molecule has 0 aromatic heterocycles. The molecule has 0 N–H and O–H groups in total. The van der Waals surface area contributed by atoms with Crippen molar-refractivity contribution >= 4 is 23.1 Å². The summed E-state index contributed by atoms with van der Waals surface area (Å²) in [4.78, 5) is 24.4. The molecule has 150 valence electrons. The number of carbonyl (C=O) groups is 2. The highest BCUT2D eigenvalue weighted by Gasteiger charge is 2.27. The average molecular weight is 386 g/mol. The van der Waals surface area contributed by atoms with Gasteiger partial charge in [-0.1, -0.05) is 24.3 Å². The first kappa shape index (κ1) is 20.0. The van der Waals surface area contributed by atoms with Crippen LogP contribution < -0.4 is 9.47 Å². The van der Waals surface area contributed by atoms with Crippen LogP contribution in [0.1, 0.15) is 51.7 Å². The van der Waals surface area contributed by atoms with Crippen LogP contribution in [0.4, 0.5) is 9.59 Å². The first-order valence-electron chi connectivity index (χ1n) is 9.70. The van der Waals surface area contributed by atoms with Crippen LogP contribution in [0.25, 0.3) is 10.8 Å². The van der Waals surface area contributed by atoms with Crippen molar-refractivity contribution < 1.29 is 28.5 Å². The molecule has 0 spiro atoms. The fraction of sp³-hybridized carbons (Fsp3) is 0.455. The minimum atomic E-state index is -0.735. The van der Waals surface area contributed by atoms with E-state index in [1.807, 2.05) is 24.3 Å². The largest absolute Gasteiger partial charge is 0.514 e.